The summed E-state index contributed by atoms with van der Waals surface area (Å²) in [6.45, 7) is 0. The van der Waals surface area contributed by atoms with Crippen molar-refractivity contribution in [1.82, 2.24) is 4.90 Å². The van der Waals surface area contributed by atoms with Gasteiger partial charge < -0.3 is 20.4 Å². The molecular weight excluding hydrogens is 212 g/mol. The molecule has 0 aliphatic heterocycles. The maximum Gasteiger partial charge on any atom is 0.339 e. The molecule has 0 aliphatic rings. The topological polar surface area (TPSA) is 89.9 Å². The van der Waals surface area contributed by atoms with E-state index in [0.717, 1.165) is 0 Å². The minimum absolute atomic E-state index is 0.206. The molecule has 0 spiro atoms. The van der Waals surface area contributed by atoms with Crippen LogP contribution in [0.15, 0.2) is 18.2 Å². The molecule has 0 atom stereocenters. The zero-order valence-electron chi connectivity index (χ0n) is 8.89. The fourth-order valence-electron chi connectivity index (χ4n) is 1.03. The molecule has 1 aromatic rings. The molecule has 0 aromatic heterocycles. The molecule has 6 nitrogen and oxygen atoms in total. The Balaban J connectivity index is 2.90. The van der Waals surface area contributed by atoms with Gasteiger partial charge in [-0.25, -0.2) is 9.59 Å². The maximum atomic E-state index is 11.3. The third kappa shape index (κ3) is 2.63. The lowest BCUT2D eigenvalue weighted by Gasteiger charge is -2.12. The highest BCUT2D eigenvalue weighted by atomic mass is 16.4. The highest BCUT2D eigenvalue weighted by molar-refractivity contribution is 5.93. The van der Waals surface area contributed by atoms with E-state index in [2.05, 4.69) is 5.32 Å². The van der Waals surface area contributed by atoms with Gasteiger partial charge in [0.2, 0.25) is 0 Å². The highest BCUT2D eigenvalue weighted by Crippen LogP contribution is 2.21. The lowest BCUT2D eigenvalue weighted by Crippen LogP contribution is -2.27. The summed E-state index contributed by atoms with van der Waals surface area (Å²) < 4.78 is 0. The van der Waals surface area contributed by atoms with Gasteiger partial charge in [-0.15, -0.1) is 0 Å². The van der Waals surface area contributed by atoms with Crippen LogP contribution < -0.4 is 5.32 Å². The number of carboxylic acids is 1. The first-order chi connectivity index (χ1) is 7.41. The molecule has 0 saturated heterocycles. The molecule has 6 heteroatoms. The summed E-state index contributed by atoms with van der Waals surface area (Å²) in [6.07, 6.45) is 0. The van der Waals surface area contributed by atoms with Crippen molar-refractivity contribution in [2.24, 2.45) is 0 Å². The minimum Gasteiger partial charge on any atom is -0.507 e. The van der Waals surface area contributed by atoms with Crippen molar-refractivity contribution >= 4 is 17.7 Å². The van der Waals surface area contributed by atoms with Crippen LogP contribution in [0.1, 0.15) is 10.4 Å². The van der Waals surface area contributed by atoms with Gasteiger partial charge >= 0.3 is 12.0 Å². The fourth-order valence-corrected chi connectivity index (χ4v) is 1.03. The number of anilines is 1. The van der Waals surface area contributed by atoms with E-state index in [-0.39, 0.29) is 17.3 Å². The Kier molecular flexibility index (Phi) is 3.34. The minimum atomic E-state index is -1.22. The SMILES string of the molecule is CN(C)C(=O)Nc1ccc(C(=O)O)c(O)c1. The molecule has 0 radical (unpaired) electrons. The van der Waals surface area contributed by atoms with Crippen molar-refractivity contribution in [2.75, 3.05) is 19.4 Å². The van der Waals surface area contributed by atoms with Crippen LogP contribution in [-0.4, -0.2) is 41.2 Å². The van der Waals surface area contributed by atoms with Crippen molar-refractivity contribution in [3.05, 3.63) is 23.8 Å². The van der Waals surface area contributed by atoms with Gasteiger partial charge in [-0.2, -0.15) is 0 Å². The van der Waals surface area contributed by atoms with Gasteiger partial charge in [0.05, 0.1) is 0 Å². The van der Waals surface area contributed by atoms with E-state index >= 15 is 0 Å². The Labute approximate surface area is 92.1 Å². The monoisotopic (exact) mass is 224 g/mol. The predicted molar refractivity (Wildman–Crippen MR) is 57.8 cm³/mol. The van der Waals surface area contributed by atoms with Crippen molar-refractivity contribution in [3.63, 3.8) is 0 Å². The van der Waals surface area contributed by atoms with Gasteiger partial charge in [-0.1, -0.05) is 0 Å². The Morgan fingerprint density at radius 2 is 1.94 bits per heavy atom. The zero-order chi connectivity index (χ0) is 12.3. The van der Waals surface area contributed by atoms with Crippen molar-refractivity contribution in [1.29, 1.82) is 0 Å². The number of hydrogen-bond donors (Lipinski definition) is 3. The Morgan fingerprint density at radius 3 is 2.38 bits per heavy atom. The summed E-state index contributed by atoms with van der Waals surface area (Å²) in [5.74, 6) is -1.60. The molecule has 0 heterocycles. The molecular formula is C10H12N2O4. The van der Waals surface area contributed by atoms with Crippen LogP contribution in [-0.2, 0) is 0 Å². The second kappa shape index (κ2) is 4.52. The number of benzene rings is 1. The van der Waals surface area contributed by atoms with Gasteiger partial charge in [0.1, 0.15) is 11.3 Å². The van der Waals surface area contributed by atoms with E-state index in [1.54, 1.807) is 14.1 Å². The smallest absolute Gasteiger partial charge is 0.339 e. The molecule has 0 unspecified atom stereocenters. The number of aromatic hydroxyl groups is 1. The summed E-state index contributed by atoms with van der Waals surface area (Å²) in [7, 11) is 3.14. The number of carbonyl (C=O) groups is 2. The number of phenols is 1. The van der Waals surface area contributed by atoms with Crippen molar-refractivity contribution in [2.45, 2.75) is 0 Å². The standard InChI is InChI=1S/C10H12N2O4/c1-12(2)10(16)11-6-3-4-7(9(14)15)8(13)5-6/h3-5,13H,1-2H3,(H,11,16)(H,14,15). The molecule has 1 aromatic carbocycles. The number of nitrogens with one attached hydrogen (secondary N) is 1. The first-order valence-corrected chi connectivity index (χ1v) is 4.46. The van der Waals surface area contributed by atoms with Crippen LogP contribution in [0.4, 0.5) is 10.5 Å². The first-order valence-electron chi connectivity index (χ1n) is 4.46. The number of aromatic carboxylic acids is 1. The summed E-state index contributed by atoms with van der Waals surface area (Å²) in [6, 6.07) is 3.46. The lowest BCUT2D eigenvalue weighted by molar-refractivity contribution is 0.0694. The average Bonchev–Trinajstić information content (AvgIpc) is 2.16. The molecule has 86 valence electrons. The second-order valence-corrected chi connectivity index (χ2v) is 3.36. The van der Waals surface area contributed by atoms with Gasteiger partial charge in [0.25, 0.3) is 0 Å². The second-order valence-electron chi connectivity index (χ2n) is 3.36. The van der Waals surface area contributed by atoms with Crippen LogP contribution in [0.2, 0.25) is 0 Å². The van der Waals surface area contributed by atoms with Gasteiger partial charge in [0.15, 0.2) is 0 Å². The number of nitrogens with zero attached hydrogens (tertiary/aromatic N) is 1. The van der Waals surface area contributed by atoms with E-state index < -0.39 is 5.97 Å². The summed E-state index contributed by atoms with van der Waals surface area (Å²) in [5.41, 5.74) is 0.129. The summed E-state index contributed by atoms with van der Waals surface area (Å²) in [4.78, 5) is 23.2. The van der Waals surface area contributed by atoms with Crippen LogP contribution in [0, 0.1) is 0 Å². The van der Waals surface area contributed by atoms with E-state index in [9.17, 15) is 14.7 Å². The molecule has 0 saturated carbocycles. The number of rotatable bonds is 2. The number of urea groups is 1. The van der Waals surface area contributed by atoms with E-state index in [4.69, 9.17) is 5.11 Å². The molecule has 2 amide bonds. The predicted octanol–water partition coefficient (Wildman–Crippen LogP) is 1.18. The van der Waals surface area contributed by atoms with Crippen LogP contribution in [0.3, 0.4) is 0 Å². The quantitative estimate of drug-likeness (QED) is 0.703. The summed E-state index contributed by atoms with van der Waals surface area (Å²) in [5, 5.41) is 20.5. The highest BCUT2D eigenvalue weighted by Gasteiger charge is 2.11. The molecule has 16 heavy (non-hydrogen) atoms. The number of amides is 2. The van der Waals surface area contributed by atoms with Crippen molar-refractivity contribution < 1.29 is 19.8 Å². The Hall–Kier alpha value is -2.24. The third-order valence-electron chi connectivity index (χ3n) is 1.89. The van der Waals surface area contributed by atoms with E-state index in [0.29, 0.717) is 5.69 Å². The zero-order valence-corrected chi connectivity index (χ0v) is 8.89. The van der Waals surface area contributed by atoms with Gasteiger partial charge in [-0.05, 0) is 12.1 Å². The van der Waals surface area contributed by atoms with Crippen LogP contribution >= 0.6 is 0 Å². The number of carbonyl (C=O) groups excluding carboxylic acids is 1. The Morgan fingerprint density at radius 1 is 1.31 bits per heavy atom. The van der Waals surface area contributed by atoms with Crippen LogP contribution in [0.25, 0.3) is 0 Å². The first kappa shape index (κ1) is 11.8. The molecule has 0 bridgehead atoms. The van der Waals surface area contributed by atoms with E-state index in [1.165, 1.54) is 23.1 Å². The largest absolute Gasteiger partial charge is 0.507 e. The Bertz CT molecular complexity index is 429. The molecule has 3 N–H and O–H groups in total. The summed E-state index contributed by atoms with van der Waals surface area (Å²) >= 11 is 0. The maximum absolute atomic E-state index is 11.3. The number of carboxylic acid groups (broad SMARTS) is 1. The molecule has 0 fully saturated rings. The number of hydrogen-bond acceptors (Lipinski definition) is 3. The normalized spacial score (nSPS) is 9.62. The molecule has 0 aliphatic carbocycles. The molecule has 1 rings (SSSR count). The average molecular weight is 224 g/mol. The third-order valence-corrected chi connectivity index (χ3v) is 1.89. The van der Waals surface area contributed by atoms with E-state index in [1.807, 2.05) is 0 Å². The van der Waals surface area contributed by atoms with Gasteiger partial charge in [-0.3, -0.25) is 0 Å². The van der Waals surface area contributed by atoms with Crippen LogP contribution in [0.5, 0.6) is 5.75 Å². The van der Waals surface area contributed by atoms with Crippen molar-refractivity contribution in [3.8, 4) is 5.75 Å². The fraction of sp³-hybridized carbons (Fsp3) is 0.200. The lowest BCUT2D eigenvalue weighted by atomic mass is 10.2. The van der Waals surface area contributed by atoms with Gasteiger partial charge in [0, 0.05) is 25.8 Å².